The summed E-state index contributed by atoms with van der Waals surface area (Å²) in [5, 5.41) is 2.26. The van der Waals surface area contributed by atoms with Crippen LogP contribution in [0.1, 0.15) is 0 Å². The Morgan fingerprint density at radius 1 is 1.27 bits per heavy atom. The number of carbonyl (C=O) groups excluding carboxylic acids is 1. The topological polar surface area (TPSA) is 59.0 Å². The van der Waals surface area contributed by atoms with Crippen LogP contribution < -0.4 is 15.8 Å². The van der Waals surface area contributed by atoms with E-state index in [9.17, 15) is 4.79 Å². The van der Waals surface area contributed by atoms with Crippen LogP contribution in [0.3, 0.4) is 0 Å². The fraction of sp³-hybridized carbons (Fsp3) is 0.0909. The van der Waals surface area contributed by atoms with Crippen molar-refractivity contribution in [2.45, 2.75) is 6.54 Å². The molecule has 1 amide bonds. The second-order valence-corrected chi connectivity index (χ2v) is 3.31. The van der Waals surface area contributed by atoms with Gasteiger partial charge in [-0.05, 0) is 11.5 Å². The first kappa shape index (κ1) is 9.61. The summed E-state index contributed by atoms with van der Waals surface area (Å²) in [5.74, 6) is 4.81. The van der Waals surface area contributed by atoms with Gasteiger partial charge in [0.15, 0.2) is 12.4 Å². The number of carbonyl (C=O) groups is 1. The molecule has 1 aromatic carbocycles. The lowest BCUT2D eigenvalue weighted by molar-refractivity contribution is -0.683. The number of amides is 1. The summed E-state index contributed by atoms with van der Waals surface area (Å²) >= 11 is 0. The molecule has 0 fully saturated rings. The molecule has 0 aliphatic carbocycles. The smallest absolute Gasteiger partial charge is 0.289 e. The molecule has 0 saturated heterocycles. The van der Waals surface area contributed by atoms with Crippen molar-refractivity contribution >= 4 is 16.7 Å². The molecule has 15 heavy (non-hydrogen) atoms. The molecule has 0 aliphatic heterocycles. The normalized spacial score (nSPS) is 10.2. The zero-order valence-corrected chi connectivity index (χ0v) is 8.18. The molecule has 0 unspecified atom stereocenters. The molecule has 0 aliphatic rings. The summed E-state index contributed by atoms with van der Waals surface area (Å²) in [5.41, 5.74) is 2.10. The van der Waals surface area contributed by atoms with E-state index in [1.807, 2.05) is 42.7 Å². The second-order valence-electron chi connectivity index (χ2n) is 3.31. The third-order valence-electron chi connectivity index (χ3n) is 2.23. The van der Waals surface area contributed by atoms with E-state index in [1.165, 1.54) is 0 Å². The number of fused-ring (bicyclic) bond motifs is 1. The van der Waals surface area contributed by atoms with E-state index in [0.717, 1.165) is 10.8 Å². The summed E-state index contributed by atoms with van der Waals surface area (Å²) in [6.45, 7) is 0.237. The van der Waals surface area contributed by atoms with Crippen LogP contribution in [-0.4, -0.2) is 5.91 Å². The van der Waals surface area contributed by atoms with Crippen molar-refractivity contribution in [1.82, 2.24) is 5.43 Å². The zero-order valence-electron chi connectivity index (χ0n) is 8.18. The number of hydrogen-bond acceptors (Lipinski definition) is 2. The first-order valence-electron chi connectivity index (χ1n) is 4.67. The maximum Gasteiger partial charge on any atom is 0.299 e. The molecule has 2 aromatic rings. The summed E-state index contributed by atoms with van der Waals surface area (Å²) in [7, 11) is 0. The van der Waals surface area contributed by atoms with Crippen LogP contribution >= 0.6 is 0 Å². The Kier molecular flexibility index (Phi) is 2.60. The largest absolute Gasteiger partial charge is 0.299 e. The summed E-state index contributed by atoms with van der Waals surface area (Å²) < 4.78 is 1.80. The number of hydrogen-bond donors (Lipinski definition) is 2. The van der Waals surface area contributed by atoms with Crippen molar-refractivity contribution < 1.29 is 9.36 Å². The molecule has 0 bridgehead atoms. The van der Waals surface area contributed by atoms with E-state index in [-0.39, 0.29) is 12.5 Å². The van der Waals surface area contributed by atoms with Crippen LogP contribution in [0.2, 0.25) is 0 Å². The lowest BCUT2D eigenvalue weighted by Gasteiger charge is -1.98. The second kappa shape index (κ2) is 4.06. The maximum atomic E-state index is 11.1. The number of aromatic nitrogens is 1. The van der Waals surface area contributed by atoms with Crippen molar-refractivity contribution in [3.8, 4) is 0 Å². The van der Waals surface area contributed by atoms with Crippen molar-refractivity contribution in [3.63, 3.8) is 0 Å². The van der Waals surface area contributed by atoms with Gasteiger partial charge in [0.2, 0.25) is 6.54 Å². The van der Waals surface area contributed by atoms with Crippen molar-refractivity contribution in [2.24, 2.45) is 5.84 Å². The number of nitrogens with one attached hydrogen (secondary N) is 1. The Hall–Kier alpha value is -1.94. The van der Waals surface area contributed by atoms with E-state index in [4.69, 9.17) is 5.84 Å². The lowest BCUT2D eigenvalue weighted by atomic mass is 10.2. The van der Waals surface area contributed by atoms with Crippen molar-refractivity contribution in [2.75, 3.05) is 0 Å². The molecule has 76 valence electrons. The maximum absolute atomic E-state index is 11.1. The zero-order chi connectivity index (χ0) is 10.7. The van der Waals surface area contributed by atoms with Gasteiger partial charge in [-0.2, -0.15) is 4.57 Å². The Morgan fingerprint density at radius 2 is 2.00 bits per heavy atom. The number of nitrogens with two attached hydrogens (primary N) is 1. The first-order valence-corrected chi connectivity index (χ1v) is 4.67. The average Bonchev–Trinajstić information content (AvgIpc) is 2.29. The molecular formula is C11H12N3O+. The minimum Gasteiger partial charge on any atom is -0.289 e. The van der Waals surface area contributed by atoms with Crippen LogP contribution in [0.4, 0.5) is 0 Å². The van der Waals surface area contributed by atoms with Gasteiger partial charge in [0.25, 0.3) is 5.91 Å². The van der Waals surface area contributed by atoms with Gasteiger partial charge in [0.05, 0.1) is 0 Å². The SMILES string of the molecule is NNC(=O)C[n+]1ccc2ccccc2c1. The molecule has 0 atom stereocenters. The number of rotatable bonds is 2. The first-order chi connectivity index (χ1) is 7.29. The van der Waals surface area contributed by atoms with Crippen LogP contribution in [0.15, 0.2) is 42.7 Å². The van der Waals surface area contributed by atoms with E-state index >= 15 is 0 Å². The molecule has 0 radical (unpaired) electrons. The van der Waals surface area contributed by atoms with Gasteiger partial charge in [-0.3, -0.25) is 10.2 Å². The minimum absolute atomic E-state index is 0.213. The fourth-order valence-electron chi connectivity index (χ4n) is 1.49. The third kappa shape index (κ3) is 2.11. The number of nitrogens with zero attached hydrogens (tertiary/aromatic N) is 1. The van der Waals surface area contributed by atoms with E-state index < -0.39 is 0 Å². The Labute approximate surface area is 87.3 Å². The molecule has 1 heterocycles. The minimum atomic E-state index is -0.213. The molecule has 0 spiro atoms. The van der Waals surface area contributed by atoms with Crippen LogP contribution in [-0.2, 0) is 11.3 Å². The van der Waals surface area contributed by atoms with Gasteiger partial charge in [-0.15, -0.1) is 0 Å². The van der Waals surface area contributed by atoms with Crippen LogP contribution in [0.5, 0.6) is 0 Å². The molecule has 4 nitrogen and oxygen atoms in total. The highest BCUT2D eigenvalue weighted by molar-refractivity contribution is 5.80. The summed E-state index contributed by atoms with van der Waals surface area (Å²) in [6, 6.07) is 9.96. The third-order valence-corrected chi connectivity index (χ3v) is 2.23. The lowest BCUT2D eigenvalue weighted by Crippen LogP contribution is -2.44. The highest BCUT2D eigenvalue weighted by Crippen LogP contribution is 2.09. The summed E-state index contributed by atoms with van der Waals surface area (Å²) in [6.07, 6.45) is 3.78. The number of benzene rings is 1. The number of pyridine rings is 1. The van der Waals surface area contributed by atoms with E-state index in [1.54, 1.807) is 4.57 Å². The number of hydrazine groups is 1. The quantitative estimate of drug-likeness (QED) is 0.314. The highest BCUT2D eigenvalue weighted by Gasteiger charge is 2.07. The summed E-state index contributed by atoms with van der Waals surface area (Å²) in [4.78, 5) is 11.1. The predicted octanol–water partition coefficient (Wildman–Crippen LogP) is 0.117. The monoisotopic (exact) mass is 202 g/mol. The van der Waals surface area contributed by atoms with Gasteiger partial charge in [-0.25, -0.2) is 5.84 Å². The fourth-order valence-corrected chi connectivity index (χ4v) is 1.49. The van der Waals surface area contributed by atoms with Crippen molar-refractivity contribution in [1.29, 1.82) is 0 Å². The van der Waals surface area contributed by atoms with Crippen molar-refractivity contribution in [3.05, 3.63) is 42.7 Å². The van der Waals surface area contributed by atoms with E-state index in [2.05, 4.69) is 5.43 Å². The Morgan fingerprint density at radius 3 is 2.73 bits per heavy atom. The van der Waals surface area contributed by atoms with Gasteiger partial charge >= 0.3 is 0 Å². The van der Waals surface area contributed by atoms with Crippen LogP contribution in [0.25, 0.3) is 10.8 Å². The molecule has 0 saturated carbocycles. The molecule has 1 aromatic heterocycles. The predicted molar refractivity (Wildman–Crippen MR) is 56.5 cm³/mol. The van der Waals surface area contributed by atoms with Crippen LogP contribution in [0, 0.1) is 0 Å². The van der Waals surface area contributed by atoms with Gasteiger partial charge < -0.3 is 0 Å². The molecule has 2 rings (SSSR count). The standard InChI is InChI=1S/C11H11N3O/c12-13-11(15)8-14-6-5-9-3-1-2-4-10(9)7-14/h1-7H,8,12H2/p+1. The molecule has 3 N–H and O–H groups in total. The van der Waals surface area contributed by atoms with E-state index in [0.29, 0.717) is 0 Å². The highest BCUT2D eigenvalue weighted by atomic mass is 16.2. The van der Waals surface area contributed by atoms with Gasteiger partial charge in [0, 0.05) is 11.5 Å². The van der Waals surface area contributed by atoms with Gasteiger partial charge in [0.1, 0.15) is 0 Å². The van der Waals surface area contributed by atoms with Gasteiger partial charge in [-0.1, -0.05) is 18.2 Å². The molecular weight excluding hydrogens is 190 g/mol. The Bertz CT molecular complexity index is 496. The Balaban J connectivity index is 2.34. The molecule has 4 heteroatoms. The average molecular weight is 202 g/mol.